The van der Waals surface area contributed by atoms with Crippen LogP contribution in [0.25, 0.3) is 0 Å². The van der Waals surface area contributed by atoms with Gasteiger partial charge in [-0.3, -0.25) is 0 Å². The minimum Gasteiger partial charge on any atom is -0.227 e. The lowest BCUT2D eigenvalue weighted by Gasteiger charge is -2.08. The first-order chi connectivity index (χ1) is 9.02. The maximum atomic E-state index is 9.14. The summed E-state index contributed by atoms with van der Waals surface area (Å²) in [6.07, 6.45) is 0. The second kappa shape index (κ2) is 5.60. The van der Waals surface area contributed by atoms with Gasteiger partial charge in [-0.1, -0.05) is 17.7 Å². The monoisotopic (exact) mass is 289 g/mol. The van der Waals surface area contributed by atoms with Crippen LogP contribution < -0.4 is 0 Å². The van der Waals surface area contributed by atoms with Crippen LogP contribution in [0.2, 0.25) is 5.02 Å². The zero-order valence-corrected chi connectivity index (χ0v) is 12.4. The van der Waals surface area contributed by atoms with E-state index in [1.807, 2.05) is 32.9 Å². The third-order valence-electron chi connectivity index (χ3n) is 2.90. The molecule has 0 unspecified atom stereocenters. The molecule has 19 heavy (non-hydrogen) atoms. The van der Waals surface area contributed by atoms with Crippen LogP contribution in [0.4, 0.5) is 0 Å². The van der Waals surface area contributed by atoms with Crippen LogP contribution in [-0.2, 0) is 0 Å². The fraction of sp³-hybridized carbons (Fsp3) is 0.214. The van der Waals surface area contributed by atoms with Crippen molar-refractivity contribution < 1.29 is 0 Å². The molecule has 2 aromatic rings. The maximum absolute atomic E-state index is 9.14. The second-order valence-electron chi connectivity index (χ2n) is 4.13. The summed E-state index contributed by atoms with van der Waals surface area (Å²) in [5.74, 6) is 0. The molecule has 0 radical (unpaired) electrons. The number of aromatic nitrogens is 2. The Labute approximate surface area is 121 Å². The van der Waals surface area contributed by atoms with E-state index in [-0.39, 0.29) is 0 Å². The van der Waals surface area contributed by atoms with Gasteiger partial charge in [-0.15, -0.1) is 0 Å². The molecular formula is C14H12ClN3S. The van der Waals surface area contributed by atoms with Crippen LogP contribution >= 0.6 is 23.4 Å². The quantitative estimate of drug-likeness (QED) is 0.782. The predicted molar refractivity (Wildman–Crippen MR) is 76.5 cm³/mol. The van der Waals surface area contributed by atoms with Crippen molar-refractivity contribution in [1.82, 2.24) is 9.97 Å². The van der Waals surface area contributed by atoms with Crippen LogP contribution in [0.5, 0.6) is 0 Å². The molecule has 5 heteroatoms. The van der Waals surface area contributed by atoms with Crippen molar-refractivity contribution in [2.24, 2.45) is 0 Å². The van der Waals surface area contributed by atoms with Gasteiger partial charge in [0.15, 0.2) is 5.16 Å². The summed E-state index contributed by atoms with van der Waals surface area (Å²) in [5, 5.41) is 10.2. The molecule has 1 aromatic carbocycles. The standard InChI is InChI=1S/C14H12ClN3S/c1-8-9(2)17-14(18-10(8)3)19-13-6-4-5-12(15)11(13)7-16/h4-6H,1-3H3. The number of hydrogen-bond acceptors (Lipinski definition) is 4. The first-order valence-electron chi connectivity index (χ1n) is 5.71. The van der Waals surface area contributed by atoms with Crippen LogP contribution in [-0.4, -0.2) is 9.97 Å². The fourth-order valence-electron chi connectivity index (χ4n) is 1.58. The molecule has 0 amide bonds. The Hall–Kier alpha value is -1.57. The lowest BCUT2D eigenvalue weighted by atomic mass is 10.2. The molecule has 0 bridgehead atoms. The SMILES string of the molecule is Cc1nc(Sc2cccc(Cl)c2C#N)nc(C)c1C. The molecule has 0 N–H and O–H groups in total. The van der Waals surface area contributed by atoms with E-state index in [1.54, 1.807) is 6.07 Å². The van der Waals surface area contributed by atoms with Crippen LogP contribution in [0.15, 0.2) is 28.3 Å². The summed E-state index contributed by atoms with van der Waals surface area (Å²) in [4.78, 5) is 9.64. The van der Waals surface area contributed by atoms with E-state index in [2.05, 4.69) is 16.0 Å². The average molecular weight is 290 g/mol. The van der Waals surface area contributed by atoms with Crippen molar-refractivity contribution in [3.05, 3.63) is 45.7 Å². The summed E-state index contributed by atoms with van der Waals surface area (Å²) < 4.78 is 0. The Bertz CT molecular complexity index is 654. The van der Waals surface area contributed by atoms with Crippen molar-refractivity contribution in [3.8, 4) is 6.07 Å². The number of nitriles is 1. The van der Waals surface area contributed by atoms with Gasteiger partial charge in [0.1, 0.15) is 6.07 Å². The molecule has 0 fully saturated rings. The second-order valence-corrected chi connectivity index (χ2v) is 5.55. The Morgan fingerprint density at radius 2 is 1.79 bits per heavy atom. The molecule has 96 valence electrons. The summed E-state index contributed by atoms with van der Waals surface area (Å²) in [5.41, 5.74) is 3.47. The van der Waals surface area contributed by atoms with E-state index in [1.165, 1.54) is 11.8 Å². The topological polar surface area (TPSA) is 49.6 Å². The molecule has 0 aliphatic carbocycles. The Kier molecular flexibility index (Phi) is 4.08. The molecule has 0 saturated carbocycles. The van der Waals surface area contributed by atoms with E-state index < -0.39 is 0 Å². The molecule has 0 aliphatic rings. The molecule has 1 aromatic heterocycles. The van der Waals surface area contributed by atoms with E-state index in [0.29, 0.717) is 15.7 Å². The summed E-state index contributed by atoms with van der Waals surface area (Å²) in [6, 6.07) is 7.49. The lowest BCUT2D eigenvalue weighted by Crippen LogP contribution is -1.98. The van der Waals surface area contributed by atoms with Gasteiger partial charge in [0.05, 0.1) is 10.6 Å². The van der Waals surface area contributed by atoms with Gasteiger partial charge in [-0.25, -0.2) is 9.97 Å². The van der Waals surface area contributed by atoms with Gasteiger partial charge >= 0.3 is 0 Å². The molecule has 0 aliphatic heterocycles. The first-order valence-corrected chi connectivity index (χ1v) is 6.90. The van der Waals surface area contributed by atoms with Gasteiger partial charge in [0.2, 0.25) is 0 Å². The highest BCUT2D eigenvalue weighted by Crippen LogP contribution is 2.32. The van der Waals surface area contributed by atoms with E-state index in [4.69, 9.17) is 16.9 Å². The zero-order chi connectivity index (χ0) is 14.0. The fourth-order valence-corrected chi connectivity index (χ4v) is 2.82. The zero-order valence-electron chi connectivity index (χ0n) is 10.9. The molecule has 0 spiro atoms. The highest BCUT2D eigenvalue weighted by Gasteiger charge is 2.11. The van der Waals surface area contributed by atoms with Gasteiger partial charge in [-0.2, -0.15) is 5.26 Å². The van der Waals surface area contributed by atoms with Crippen LogP contribution in [0.3, 0.4) is 0 Å². The van der Waals surface area contributed by atoms with Crippen molar-refractivity contribution in [3.63, 3.8) is 0 Å². The summed E-state index contributed by atoms with van der Waals surface area (Å²) in [6.45, 7) is 5.91. The smallest absolute Gasteiger partial charge is 0.192 e. The van der Waals surface area contributed by atoms with E-state index in [9.17, 15) is 0 Å². The Morgan fingerprint density at radius 1 is 1.16 bits per heavy atom. The normalized spacial score (nSPS) is 10.3. The van der Waals surface area contributed by atoms with Gasteiger partial charge in [0.25, 0.3) is 0 Å². The third kappa shape index (κ3) is 2.89. The van der Waals surface area contributed by atoms with Crippen LogP contribution in [0, 0.1) is 32.1 Å². The molecule has 2 rings (SSSR count). The summed E-state index contributed by atoms with van der Waals surface area (Å²) in [7, 11) is 0. The van der Waals surface area contributed by atoms with Gasteiger partial charge < -0.3 is 0 Å². The highest BCUT2D eigenvalue weighted by molar-refractivity contribution is 7.99. The minimum absolute atomic E-state index is 0.452. The number of nitrogens with zero attached hydrogens (tertiary/aromatic N) is 3. The number of rotatable bonds is 2. The largest absolute Gasteiger partial charge is 0.227 e. The first kappa shape index (κ1) is 13.9. The summed E-state index contributed by atoms with van der Waals surface area (Å²) >= 11 is 7.37. The maximum Gasteiger partial charge on any atom is 0.192 e. The number of benzene rings is 1. The Balaban J connectivity index is 2.43. The Morgan fingerprint density at radius 3 is 2.37 bits per heavy atom. The molecule has 1 heterocycles. The number of hydrogen-bond donors (Lipinski definition) is 0. The lowest BCUT2D eigenvalue weighted by molar-refractivity contribution is 0.881. The van der Waals surface area contributed by atoms with E-state index in [0.717, 1.165) is 21.8 Å². The van der Waals surface area contributed by atoms with Crippen molar-refractivity contribution in [2.75, 3.05) is 0 Å². The van der Waals surface area contributed by atoms with Crippen molar-refractivity contribution in [1.29, 1.82) is 5.26 Å². The van der Waals surface area contributed by atoms with Crippen molar-refractivity contribution in [2.45, 2.75) is 30.8 Å². The highest BCUT2D eigenvalue weighted by atomic mass is 35.5. The molecular weight excluding hydrogens is 278 g/mol. The van der Waals surface area contributed by atoms with Crippen molar-refractivity contribution >= 4 is 23.4 Å². The molecule has 3 nitrogen and oxygen atoms in total. The van der Waals surface area contributed by atoms with Gasteiger partial charge in [0, 0.05) is 16.3 Å². The minimum atomic E-state index is 0.452. The third-order valence-corrected chi connectivity index (χ3v) is 4.14. The predicted octanol–water partition coefficient (Wildman–Crippen LogP) is 4.08. The average Bonchev–Trinajstić information content (AvgIpc) is 2.36. The number of halogens is 1. The molecule has 0 saturated heterocycles. The number of aryl methyl sites for hydroxylation is 2. The molecule has 0 atom stereocenters. The van der Waals surface area contributed by atoms with Crippen LogP contribution in [0.1, 0.15) is 22.5 Å². The van der Waals surface area contributed by atoms with Gasteiger partial charge in [-0.05, 0) is 50.2 Å². The van der Waals surface area contributed by atoms with E-state index >= 15 is 0 Å².